The maximum Gasteiger partial charge on any atom is 0.221 e. The van der Waals surface area contributed by atoms with Crippen molar-refractivity contribution in [2.45, 2.75) is 39.5 Å². The molecule has 0 radical (unpaired) electrons. The molecule has 2 aromatic heterocycles. The van der Waals surface area contributed by atoms with E-state index in [1.165, 1.54) is 6.92 Å². The van der Waals surface area contributed by atoms with Gasteiger partial charge in [0, 0.05) is 31.5 Å². The van der Waals surface area contributed by atoms with Gasteiger partial charge < -0.3 is 23.6 Å². The van der Waals surface area contributed by atoms with Gasteiger partial charge in [-0.25, -0.2) is 0 Å². The lowest BCUT2D eigenvalue weighted by molar-refractivity contribution is -0.114. The van der Waals surface area contributed by atoms with Crippen LogP contribution in [-0.4, -0.2) is 20.1 Å². The van der Waals surface area contributed by atoms with Gasteiger partial charge in [0.1, 0.15) is 29.0 Å². The molecule has 154 valence electrons. The molecule has 0 bridgehead atoms. The number of hydrogen-bond donors (Lipinski definition) is 1. The van der Waals surface area contributed by atoms with Gasteiger partial charge in [-0.05, 0) is 35.9 Å². The smallest absolute Gasteiger partial charge is 0.221 e. The van der Waals surface area contributed by atoms with Crippen LogP contribution in [0, 0.1) is 0 Å². The van der Waals surface area contributed by atoms with Crippen molar-refractivity contribution in [3.05, 3.63) is 65.0 Å². The van der Waals surface area contributed by atoms with Crippen LogP contribution in [-0.2, 0) is 17.6 Å². The maximum absolute atomic E-state index is 11.9. The van der Waals surface area contributed by atoms with Crippen LogP contribution in [0.3, 0.4) is 0 Å². The summed E-state index contributed by atoms with van der Waals surface area (Å²) in [7, 11) is 3.14. The number of carbonyl (C=O) groups excluding carboxylic acids is 1. The lowest BCUT2D eigenvalue weighted by Gasteiger charge is -2.20. The molecule has 3 rings (SSSR count). The molecule has 0 saturated heterocycles. The zero-order valence-electron chi connectivity index (χ0n) is 17.5. The number of furan rings is 2. The average Bonchev–Trinajstić information content (AvgIpc) is 3.38. The number of nitrogens with one attached hydrogen (secondary N) is 1. The fourth-order valence-corrected chi connectivity index (χ4v) is 3.36. The summed E-state index contributed by atoms with van der Waals surface area (Å²) < 4.78 is 23.1. The number of ether oxygens (including phenoxy) is 2. The SMILES string of the molecule is CCc1ccc(C(c2ccc(CC)o2)c2cc(OC)c(OC)cc2NC(C)=O)o1. The number of methoxy groups -OCH3 is 2. The van der Waals surface area contributed by atoms with Crippen molar-refractivity contribution in [3.8, 4) is 11.5 Å². The number of anilines is 1. The van der Waals surface area contributed by atoms with Gasteiger partial charge in [-0.2, -0.15) is 0 Å². The third-order valence-electron chi connectivity index (χ3n) is 4.81. The monoisotopic (exact) mass is 397 g/mol. The molecule has 1 aromatic carbocycles. The van der Waals surface area contributed by atoms with Gasteiger partial charge in [0.25, 0.3) is 0 Å². The van der Waals surface area contributed by atoms with E-state index in [9.17, 15) is 4.79 Å². The highest BCUT2D eigenvalue weighted by Gasteiger charge is 2.28. The topological polar surface area (TPSA) is 73.8 Å². The lowest BCUT2D eigenvalue weighted by atomic mass is 9.91. The van der Waals surface area contributed by atoms with E-state index in [0.29, 0.717) is 17.2 Å². The van der Waals surface area contributed by atoms with E-state index < -0.39 is 0 Å². The molecule has 1 N–H and O–H groups in total. The predicted molar refractivity (Wildman–Crippen MR) is 111 cm³/mol. The number of amides is 1. The van der Waals surface area contributed by atoms with Gasteiger partial charge in [0.05, 0.1) is 14.2 Å². The van der Waals surface area contributed by atoms with Crippen molar-refractivity contribution in [1.82, 2.24) is 0 Å². The minimum absolute atomic E-state index is 0.181. The van der Waals surface area contributed by atoms with Crippen molar-refractivity contribution in [2.75, 3.05) is 19.5 Å². The van der Waals surface area contributed by atoms with Gasteiger partial charge in [0.15, 0.2) is 11.5 Å². The Morgan fingerprint density at radius 2 is 1.45 bits per heavy atom. The quantitative estimate of drug-likeness (QED) is 0.569. The first-order valence-electron chi connectivity index (χ1n) is 9.71. The van der Waals surface area contributed by atoms with Gasteiger partial charge in [-0.1, -0.05) is 13.8 Å². The molecule has 6 nitrogen and oxygen atoms in total. The summed E-state index contributed by atoms with van der Waals surface area (Å²) in [6.07, 6.45) is 1.57. The van der Waals surface area contributed by atoms with E-state index in [2.05, 4.69) is 5.32 Å². The fraction of sp³-hybridized carbons (Fsp3) is 0.348. The third kappa shape index (κ3) is 4.31. The molecular formula is C23H27NO5. The molecule has 2 heterocycles. The van der Waals surface area contributed by atoms with Gasteiger partial charge in [0.2, 0.25) is 5.91 Å². The zero-order chi connectivity index (χ0) is 21.0. The van der Waals surface area contributed by atoms with E-state index >= 15 is 0 Å². The van der Waals surface area contributed by atoms with Crippen LogP contribution in [0.1, 0.15) is 55.3 Å². The van der Waals surface area contributed by atoms with Gasteiger partial charge in [-0.3, -0.25) is 4.79 Å². The van der Waals surface area contributed by atoms with Gasteiger partial charge in [-0.15, -0.1) is 0 Å². The first-order valence-corrected chi connectivity index (χ1v) is 9.71. The highest BCUT2D eigenvalue weighted by atomic mass is 16.5. The molecule has 0 fully saturated rings. The summed E-state index contributed by atoms with van der Waals surface area (Å²) in [5.74, 6) is 3.79. The maximum atomic E-state index is 11.9. The molecule has 29 heavy (non-hydrogen) atoms. The number of benzene rings is 1. The van der Waals surface area contributed by atoms with Crippen LogP contribution in [0.25, 0.3) is 0 Å². The van der Waals surface area contributed by atoms with Crippen LogP contribution in [0.5, 0.6) is 11.5 Å². The summed E-state index contributed by atoms with van der Waals surface area (Å²) >= 11 is 0. The minimum Gasteiger partial charge on any atom is -0.493 e. The Hall–Kier alpha value is -3.15. The lowest BCUT2D eigenvalue weighted by Crippen LogP contribution is -2.12. The van der Waals surface area contributed by atoms with E-state index in [1.54, 1.807) is 20.3 Å². The largest absolute Gasteiger partial charge is 0.493 e. The number of aryl methyl sites for hydroxylation is 2. The fourth-order valence-electron chi connectivity index (χ4n) is 3.36. The highest BCUT2D eigenvalue weighted by Crippen LogP contribution is 2.43. The zero-order valence-corrected chi connectivity index (χ0v) is 17.5. The number of carbonyl (C=O) groups is 1. The molecule has 0 saturated carbocycles. The van der Waals surface area contributed by atoms with E-state index in [1.807, 2.05) is 44.2 Å². The minimum atomic E-state index is -0.350. The summed E-state index contributed by atoms with van der Waals surface area (Å²) in [6.45, 7) is 5.55. The number of hydrogen-bond acceptors (Lipinski definition) is 5. The van der Waals surface area contributed by atoms with E-state index in [4.69, 9.17) is 18.3 Å². The summed E-state index contributed by atoms with van der Waals surface area (Å²) in [5, 5.41) is 2.90. The molecule has 0 unspecified atom stereocenters. The van der Waals surface area contributed by atoms with Crippen LogP contribution in [0.2, 0.25) is 0 Å². The average molecular weight is 397 g/mol. The van der Waals surface area contributed by atoms with Crippen molar-refractivity contribution >= 4 is 11.6 Å². The Kier molecular flexibility index (Phi) is 6.32. The van der Waals surface area contributed by atoms with Crippen molar-refractivity contribution in [3.63, 3.8) is 0 Å². The third-order valence-corrected chi connectivity index (χ3v) is 4.81. The molecule has 0 aliphatic heterocycles. The standard InChI is InChI=1S/C23H27NO5/c1-6-15-8-10-19(28-15)23(20-11-9-16(7-2)29-20)17-12-21(26-4)22(27-5)13-18(17)24-14(3)25/h8-13,23H,6-7H2,1-5H3,(H,24,25). The Morgan fingerprint density at radius 1 is 0.931 bits per heavy atom. The second kappa shape index (κ2) is 8.90. The molecule has 3 aromatic rings. The summed E-state index contributed by atoms with van der Waals surface area (Å²) in [6, 6.07) is 11.4. The molecule has 0 atom stereocenters. The molecule has 1 amide bonds. The Balaban J connectivity index is 2.24. The van der Waals surface area contributed by atoms with Crippen LogP contribution >= 0.6 is 0 Å². The molecule has 0 aliphatic rings. The molecular weight excluding hydrogens is 370 g/mol. The first-order chi connectivity index (χ1) is 14.0. The molecule has 0 aliphatic carbocycles. The van der Waals surface area contributed by atoms with Crippen molar-refractivity contribution in [1.29, 1.82) is 0 Å². The van der Waals surface area contributed by atoms with Crippen LogP contribution in [0.4, 0.5) is 5.69 Å². The summed E-state index contributed by atoms with van der Waals surface area (Å²) in [5.41, 5.74) is 1.41. The molecule has 6 heteroatoms. The first kappa shape index (κ1) is 20.6. The highest BCUT2D eigenvalue weighted by molar-refractivity contribution is 5.90. The van der Waals surface area contributed by atoms with Crippen molar-refractivity contribution < 1.29 is 23.1 Å². The van der Waals surface area contributed by atoms with E-state index in [0.717, 1.165) is 41.4 Å². The van der Waals surface area contributed by atoms with Crippen LogP contribution < -0.4 is 14.8 Å². The Bertz CT molecular complexity index is 943. The number of rotatable bonds is 8. The molecule has 0 spiro atoms. The second-order valence-electron chi connectivity index (χ2n) is 6.72. The second-order valence-corrected chi connectivity index (χ2v) is 6.72. The van der Waals surface area contributed by atoms with Gasteiger partial charge >= 0.3 is 0 Å². The normalized spacial score (nSPS) is 11.0. The van der Waals surface area contributed by atoms with Crippen molar-refractivity contribution in [2.24, 2.45) is 0 Å². The Labute approximate surface area is 170 Å². The Morgan fingerprint density at radius 3 is 1.86 bits per heavy atom. The van der Waals surface area contributed by atoms with E-state index in [-0.39, 0.29) is 11.8 Å². The predicted octanol–water partition coefficient (Wildman–Crippen LogP) is 5.15. The van der Waals surface area contributed by atoms with Crippen LogP contribution in [0.15, 0.2) is 45.2 Å². The summed E-state index contributed by atoms with van der Waals surface area (Å²) in [4.78, 5) is 11.9.